The fourth-order valence-electron chi connectivity index (χ4n) is 1.78. The highest BCUT2D eigenvalue weighted by Crippen LogP contribution is 2.01. The van der Waals surface area contributed by atoms with Gasteiger partial charge in [0.1, 0.15) is 12.3 Å². The molecule has 0 aromatic carbocycles. The zero-order valence-corrected chi connectivity index (χ0v) is 13.1. The average molecular weight is 280 g/mol. The second-order valence-corrected chi connectivity index (χ2v) is 4.94. The molecule has 114 valence electrons. The Bertz CT molecular complexity index is 375. The molecule has 1 rings (SSSR count). The molecule has 1 aromatic heterocycles. The van der Waals surface area contributed by atoms with Crippen molar-refractivity contribution in [3.05, 3.63) is 24.2 Å². The predicted molar refractivity (Wildman–Crippen MR) is 83.9 cm³/mol. The van der Waals surface area contributed by atoms with Crippen LogP contribution >= 0.6 is 0 Å². The number of guanidine groups is 1. The van der Waals surface area contributed by atoms with Crippen molar-refractivity contribution in [2.24, 2.45) is 4.99 Å². The molecular weight excluding hydrogens is 252 g/mol. The first-order valence-corrected chi connectivity index (χ1v) is 7.42. The van der Waals surface area contributed by atoms with Crippen LogP contribution in [0, 0.1) is 0 Å². The van der Waals surface area contributed by atoms with E-state index in [2.05, 4.69) is 48.3 Å². The van der Waals surface area contributed by atoms with Crippen LogP contribution in [0.25, 0.3) is 0 Å². The van der Waals surface area contributed by atoms with Gasteiger partial charge in [0.2, 0.25) is 0 Å². The monoisotopic (exact) mass is 280 g/mol. The van der Waals surface area contributed by atoms with Gasteiger partial charge in [-0.15, -0.1) is 0 Å². The molecule has 20 heavy (non-hydrogen) atoms. The van der Waals surface area contributed by atoms with Gasteiger partial charge in [0.25, 0.3) is 0 Å². The summed E-state index contributed by atoms with van der Waals surface area (Å²) in [4.78, 5) is 6.85. The molecule has 0 aliphatic carbocycles. The fourth-order valence-corrected chi connectivity index (χ4v) is 1.78. The molecule has 1 aromatic rings. The van der Waals surface area contributed by atoms with Crippen molar-refractivity contribution < 1.29 is 4.42 Å². The third kappa shape index (κ3) is 6.10. The Morgan fingerprint density at radius 1 is 1.40 bits per heavy atom. The number of likely N-dealkylation sites (N-methyl/N-ethyl adjacent to an activating group) is 1. The summed E-state index contributed by atoms with van der Waals surface area (Å²) >= 11 is 0. The molecule has 5 nitrogen and oxygen atoms in total. The fraction of sp³-hybridized carbons (Fsp3) is 0.667. The Kier molecular flexibility index (Phi) is 7.80. The van der Waals surface area contributed by atoms with Gasteiger partial charge in [0.15, 0.2) is 5.96 Å². The van der Waals surface area contributed by atoms with Gasteiger partial charge in [-0.25, -0.2) is 4.99 Å². The van der Waals surface area contributed by atoms with Crippen molar-refractivity contribution in [3.63, 3.8) is 0 Å². The molecule has 1 unspecified atom stereocenters. The van der Waals surface area contributed by atoms with Gasteiger partial charge in [0.05, 0.1) is 6.26 Å². The summed E-state index contributed by atoms with van der Waals surface area (Å²) in [5.41, 5.74) is 0. The lowest BCUT2D eigenvalue weighted by molar-refractivity contribution is 0.255. The van der Waals surface area contributed by atoms with Gasteiger partial charge in [-0.1, -0.05) is 6.92 Å². The summed E-state index contributed by atoms with van der Waals surface area (Å²) in [6, 6.07) is 4.43. The van der Waals surface area contributed by atoms with Gasteiger partial charge in [-0.05, 0) is 39.4 Å². The number of rotatable bonds is 8. The van der Waals surface area contributed by atoms with Crippen LogP contribution in [0.5, 0.6) is 0 Å². The standard InChI is InChI=1S/C15H28N4O/c1-5-13(3)19(4)10-9-17-15(16-6-2)18-12-14-8-7-11-20-14/h7-8,11,13H,5-6,9-10,12H2,1-4H3,(H2,16,17,18). The molecule has 0 aliphatic heterocycles. The highest BCUT2D eigenvalue weighted by molar-refractivity contribution is 5.79. The Balaban J connectivity index is 2.36. The van der Waals surface area contributed by atoms with Gasteiger partial charge < -0.3 is 20.0 Å². The molecule has 0 spiro atoms. The minimum Gasteiger partial charge on any atom is -0.467 e. The van der Waals surface area contributed by atoms with Crippen LogP contribution in [0.15, 0.2) is 27.8 Å². The van der Waals surface area contributed by atoms with Crippen LogP contribution in [0.2, 0.25) is 0 Å². The second kappa shape index (κ2) is 9.42. The SMILES string of the molecule is CCNC(=NCc1ccco1)NCCN(C)C(C)CC. The molecule has 2 N–H and O–H groups in total. The second-order valence-electron chi connectivity index (χ2n) is 4.94. The molecule has 1 atom stereocenters. The van der Waals surface area contributed by atoms with Crippen molar-refractivity contribution in [1.29, 1.82) is 0 Å². The number of furan rings is 1. The molecule has 0 fully saturated rings. The van der Waals surface area contributed by atoms with E-state index in [1.807, 2.05) is 12.1 Å². The molecule has 0 saturated heterocycles. The first-order valence-electron chi connectivity index (χ1n) is 7.42. The first kappa shape index (κ1) is 16.6. The molecule has 5 heteroatoms. The van der Waals surface area contributed by atoms with E-state index in [1.165, 1.54) is 6.42 Å². The average Bonchev–Trinajstić information content (AvgIpc) is 2.96. The lowest BCUT2D eigenvalue weighted by atomic mass is 10.2. The van der Waals surface area contributed by atoms with E-state index in [9.17, 15) is 0 Å². The Morgan fingerprint density at radius 2 is 2.20 bits per heavy atom. The van der Waals surface area contributed by atoms with Crippen molar-refractivity contribution in [1.82, 2.24) is 15.5 Å². The molecule has 0 radical (unpaired) electrons. The highest BCUT2D eigenvalue weighted by atomic mass is 16.3. The zero-order chi connectivity index (χ0) is 14.8. The maximum Gasteiger partial charge on any atom is 0.191 e. The van der Waals surface area contributed by atoms with Crippen LogP contribution in [0.3, 0.4) is 0 Å². The molecular formula is C15H28N4O. The molecule has 0 bridgehead atoms. The lowest BCUT2D eigenvalue weighted by Gasteiger charge is -2.23. The smallest absolute Gasteiger partial charge is 0.191 e. The summed E-state index contributed by atoms with van der Waals surface area (Å²) in [6.45, 7) is 9.81. The predicted octanol–water partition coefficient (Wildman–Crippen LogP) is 2.06. The van der Waals surface area contributed by atoms with Gasteiger partial charge in [-0.2, -0.15) is 0 Å². The largest absolute Gasteiger partial charge is 0.467 e. The molecule has 0 saturated carbocycles. The van der Waals surface area contributed by atoms with Gasteiger partial charge >= 0.3 is 0 Å². The maximum absolute atomic E-state index is 5.28. The van der Waals surface area contributed by atoms with Crippen LogP contribution in [0.1, 0.15) is 33.0 Å². The third-order valence-electron chi connectivity index (χ3n) is 3.42. The number of hydrogen-bond donors (Lipinski definition) is 2. The Hall–Kier alpha value is -1.49. The maximum atomic E-state index is 5.28. The number of aliphatic imine (C=N–C) groups is 1. The highest BCUT2D eigenvalue weighted by Gasteiger charge is 2.06. The number of hydrogen-bond acceptors (Lipinski definition) is 3. The van der Waals surface area contributed by atoms with Crippen molar-refractivity contribution in [2.45, 2.75) is 39.8 Å². The van der Waals surface area contributed by atoms with E-state index >= 15 is 0 Å². The van der Waals surface area contributed by atoms with Gasteiger partial charge in [-0.3, -0.25) is 0 Å². The minimum absolute atomic E-state index is 0.559. The van der Waals surface area contributed by atoms with Crippen LogP contribution in [-0.2, 0) is 6.54 Å². The Morgan fingerprint density at radius 3 is 2.80 bits per heavy atom. The van der Waals surface area contributed by atoms with Gasteiger partial charge in [0, 0.05) is 25.7 Å². The number of nitrogens with zero attached hydrogens (tertiary/aromatic N) is 2. The summed E-state index contributed by atoms with van der Waals surface area (Å²) in [7, 11) is 2.16. The van der Waals surface area contributed by atoms with E-state index in [0.717, 1.165) is 31.4 Å². The zero-order valence-electron chi connectivity index (χ0n) is 13.1. The van der Waals surface area contributed by atoms with E-state index in [-0.39, 0.29) is 0 Å². The van der Waals surface area contributed by atoms with Crippen LogP contribution < -0.4 is 10.6 Å². The quantitative estimate of drug-likeness (QED) is 0.565. The van der Waals surface area contributed by atoms with Crippen molar-refractivity contribution in [3.8, 4) is 0 Å². The van der Waals surface area contributed by atoms with E-state index < -0.39 is 0 Å². The van der Waals surface area contributed by atoms with Crippen molar-refractivity contribution in [2.75, 3.05) is 26.7 Å². The summed E-state index contributed by atoms with van der Waals surface area (Å²) < 4.78 is 5.28. The summed E-state index contributed by atoms with van der Waals surface area (Å²) in [6.07, 6.45) is 2.84. The van der Waals surface area contributed by atoms with E-state index in [0.29, 0.717) is 12.6 Å². The third-order valence-corrected chi connectivity index (χ3v) is 3.42. The van der Waals surface area contributed by atoms with E-state index in [1.54, 1.807) is 6.26 Å². The Labute approximate surface area is 122 Å². The molecule has 0 amide bonds. The van der Waals surface area contributed by atoms with E-state index in [4.69, 9.17) is 4.42 Å². The number of nitrogens with one attached hydrogen (secondary N) is 2. The lowest BCUT2D eigenvalue weighted by Crippen LogP contribution is -2.42. The molecule has 0 aliphatic rings. The van der Waals surface area contributed by atoms with Crippen LogP contribution in [-0.4, -0.2) is 43.6 Å². The summed E-state index contributed by atoms with van der Waals surface area (Å²) in [5, 5.41) is 6.59. The summed E-state index contributed by atoms with van der Waals surface area (Å²) in [5.74, 6) is 1.71. The first-order chi connectivity index (χ1) is 9.67. The van der Waals surface area contributed by atoms with Crippen molar-refractivity contribution >= 4 is 5.96 Å². The van der Waals surface area contributed by atoms with Crippen LogP contribution in [0.4, 0.5) is 0 Å². The normalized spacial score (nSPS) is 13.6. The molecule has 1 heterocycles. The minimum atomic E-state index is 0.559. The topological polar surface area (TPSA) is 52.8 Å².